The van der Waals surface area contributed by atoms with E-state index in [2.05, 4.69) is 10.3 Å². The molecule has 33 heavy (non-hydrogen) atoms. The number of nitrogens with two attached hydrogens (primary N) is 1. The number of amides is 2. The fourth-order valence-corrected chi connectivity index (χ4v) is 3.77. The van der Waals surface area contributed by atoms with Gasteiger partial charge in [-0.25, -0.2) is 0 Å². The summed E-state index contributed by atoms with van der Waals surface area (Å²) >= 11 is 0. The molecule has 0 saturated heterocycles. The number of nitrogens with zero attached hydrogens (tertiary/aromatic N) is 4. The monoisotopic (exact) mass is 442 g/mol. The largest absolute Gasteiger partial charge is 0.399 e. The Morgan fingerprint density at radius 2 is 1.88 bits per heavy atom. The third-order valence-electron chi connectivity index (χ3n) is 5.45. The van der Waals surface area contributed by atoms with Gasteiger partial charge in [0.1, 0.15) is 5.92 Å². The van der Waals surface area contributed by atoms with Crippen LogP contribution in [0.4, 0.5) is 22.7 Å². The minimum absolute atomic E-state index is 0.00851. The zero-order valence-electron chi connectivity index (χ0n) is 18.8. The van der Waals surface area contributed by atoms with Crippen molar-refractivity contribution in [3.8, 4) is 0 Å². The second-order valence-electron chi connectivity index (χ2n) is 8.21. The van der Waals surface area contributed by atoms with Crippen LogP contribution in [0, 0.1) is 0 Å². The Labute approximate surface area is 192 Å². The first kappa shape index (κ1) is 22.2. The van der Waals surface area contributed by atoms with E-state index in [1.165, 1.54) is 0 Å². The van der Waals surface area contributed by atoms with E-state index in [1.54, 1.807) is 36.5 Å². The molecule has 0 radical (unpaired) electrons. The van der Waals surface area contributed by atoms with E-state index < -0.39 is 5.92 Å². The SMILES string of the molecule is CN(C)CC(=O)N(C)c1ccc(N=C(c2cccnc2)C2C(=O)Nc3cc(N)ccc32)cc1. The number of nitrogen functional groups attached to an aromatic ring is 1. The number of carbonyl (C=O) groups is 2. The summed E-state index contributed by atoms with van der Waals surface area (Å²) in [7, 11) is 5.46. The number of aliphatic imine (C=N–C) groups is 1. The van der Waals surface area contributed by atoms with Gasteiger partial charge in [0, 0.05) is 42.1 Å². The van der Waals surface area contributed by atoms with Crippen molar-refractivity contribution < 1.29 is 9.59 Å². The Hall–Kier alpha value is -4.04. The lowest BCUT2D eigenvalue weighted by Gasteiger charge is -2.20. The van der Waals surface area contributed by atoms with Gasteiger partial charge in [-0.3, -0.25) is 19.6 Å². The molecule has 0 aliphatic carbocycles. The molecule has 1 aliphatic heterocycles. The number of likely N-dealkylation sites (N-methyl/N-ethyl adjacent to an activating group) is 2. The smallest absolute Gasteiger partial charge is 0.240 e. The van der Waals surface area contributed by atoms with Crippen molar-refractivity contribution in [1.82, 2.24) is 9.88 Å². The highest BCUT2D eigenvalue weighted by atomic mass is 16.2. The summed E-state index contributed by atoms with van der Waals surface area (Å²) in [5.41, 5.74) is 10.8. The van der Waals surface area contributed by atoms with E-state index >= 15 is 0 Å². The Morgan fingerprint density at radius 1 is 1.12 bits per heavy atom. The highest BCUT2D eigenvalue weighted by molar-refractivity contribution is 6.24. The fraction of sp³-hybridized carbons (Fsp3) is 0.200. The topological polar surface area (TPSA) is 104 Å². The molecule has 1 unspecified atom stereocenters. The lowest BCUT2D eigenvalue weighted by molar-refractivity contribution is -0.119. The van der Waals surface area contributed by atoms with Crippen LogP contribution >= 0.6 is 0 Å². The number of benzene rings is 2. The number of fused-ring (bicyclic) bond motifs is 1. The summed E-state index contributed by atoms with van der Waals surface area (Å²) in [5.74, 6) is -0.761. The lowest BCUT2D eigenvalue weighted by Crippen LogP contribution is -2.34. The molecule has 2 heterocycles. The van der Waals surface area contributed by atoms with Gasteiger partial charge in [-0.1, -0.05) is 12.1 Å². The Bertz CT molecular complexity index is 1210. The van der Waals surface area contributed by atoms with Gasteiger partial charge in [0.15, 0.2) is 0 Å². The molecule has 4 rings (SSSR count). The van der Waals surface area contributed by atoms with E-state index in [-0.39, 0.29) is 11.8 Å². The van der Waals surface area contributed by atoms with E-state index in [4.69, 9.17) is 10.7 Å². The van der Waals surface area contributed by atoms with Crippen LogP contribution in [0.2, 0.25) is 0 Å². The molecule has 0 bridgehead atoms. The third kappa shape index (κ3) is 4.75. The van der Waals surface area contributed by atoms with Crippen molar-refractivity contribution in [1.29, 1.82) is 0 Å². The van der Waals surface area contributed by atoms with Gasteiger partial charge in [-0.05, 0) is 62.1 Å². The first-order valence-corrected chi connectivity index (χ1v) is 10.5. The number of hydrogen-bond donors (Lipinski definition) is 2. The van der Waals surface area contributed by atoms with Crippen LogP contribution in [0.3, 0.4) is 0 Å². The van der Waals surface area contributed by atoms with Crippen LogP contribution in [0.1, 0.15) is 17.0 Å². The maximum atomic E-state index is 13.0. The van der Waals surface area contributed by atoms with Gasteiger partial charge in [0.2, 0.25) is 11.8 Å². The zero-order valence-corrected chi connectivity index (χ0v) is 18.8. The summed E-state index contributed by atoms with van der Waals surface area (Å²) < 4.78 is 0. The second-order valence-corrected chi connectivity index (χ2v) is 8.21. The normalized spacial score (nSPS) is 15.3. The van der Waals surface area contributed by atoms with Crippen molar-refractivity contribution in [3.05, 3.63) is 78.1 Å². The van der Waals surface area contributed by atoms with Gasteiger partial charge < -0.3 is 20.9 Å². The maximum absolute atomic E-state index is 13.0. The molecule has 3 aromatic rings. The number of pyridine rings is 1. The predicted octanol–water partition coefficient (Wildman–Crippen LogP) is 3.04. The number of anilines is 3. The quantitative estimate of drug-likeness (QED) is 0.451. The minimum atomic E-state index is -0.589. The number of nitrogens with one attached hydrogen (secondary N) is 1. The minimum Gasteiger partial charge on any atom is -0.399 e. The molecule has 8 heteroatoms. The van der Waals surface area contributed by atoms with Gasteiger partial charge in [-0.2, -0.15) is 0 Å². The molecule has 1 aromatic heterocycles. The summed E-state index contributed by atoms with van der Waals surface area (Å²) in [6.45, 7) is 0.322. The fourth-order valence-electron chi connectivity index (χ4n) is 3.77. The van der Waals surface area contributed by atoms with Crippen LogP contribution < -0.4 is 16.0 Å². The van der Waals surface area contributed by atoms with Crippen molar-refractivity contribution >= 4 is 40.3 Å². The Morgan fingerprint density at radius 3 is 2.55 bits per heavy atom. The number of hydrogen-bond acceptors (Lipinski definition) is 6. The first-order chi connectivity index (χ1) is 15.8. The molecule has 8 nitrogen and oxygen atoms in total. The average Bonchev–Trinajstić information content (AvgIpc) is 3.12. The lowest BCUT2D eigenvalue weighted by atomic mass is 9.91. The first-order valence-electron chi connectivity index (χ1n) is 10.5. The number of carbonyl (C=O) groups excluding carboxylic acids is 2. The highest BCUT2D eigenvalue weighted by Gasteiger charge is 2.35. The predicted molar refractivity (Wildman–Crippen MR) is 131 cm³/mol. The molecule has 1 atom stereocenters. The number of rotatable bonds is 6. The van der Waals surface area contributed by atoms with Crippen molar-refractivity contribution in [2.75, 3.05) is 43.6 Å². The van der Waals surface area contributed by atoms with Crippen molar-refractivity contribution in [2.24, 2.45) is 4.99 Å². The second kappa shape index (κ2) is 9.22. The number of aromatic nitrogens is 1. The van der Waals surface area contributed by atoms with Crippen LogP contribution in [0.25, 0.3) is 0 Å². The standard InChI is InChI=1S/C25H26N6O2/c1-30(2)15-22(32)31(3)19-9-7-18(8-10-19)28-24(16-5-4-12-27-14-16)23-20-11-6-17(26)13-21(20)29-25(23)33/h4-14,23H,15,26H2,1-3H3,(H,29,33). The van der Waals surface area contributed by atoms with Crippen LogP contribution in [0.15, 0.2) is 72.0 Å². The molecule has 0 saturated carbocycles. The summed E-state index contributed by atoms with van der Waals surface area (Å²) in [4.78, 5) is 37.8. The van der Waals surface area contributed by atoms with E-state index in [1.807, 2.05) is 61.5 Å². The molecular weight excluding hydrogens is 416 g/mol. The third-order valence-corrected chi connectivity index (χ3v) is 5.45. The molecular formula is C25H26N6O2. The molecule has 2 aromatic carbocycles. The van der Waals surface area contributed by atoms with Crippen LogP contribution in [-0.4, -0.2) is 55.1 Å². The summed E-state index contributed by atoms with van der Waals surface area (Å²) in [6.07, 6.45) is 3.38. The molecule has 0 spiro atoms. The van der Waals surface area contributed by atoms with Crippen LogP contribution in [-0.2, 0) is 9.59 Å². The van der Waals surface area contributed by atoms with E-state index in [0.29, 0.717) is 29.3 Å². The average molecular weight is 443 g/mol. The zero-order chi connectivity index (χ0) is 23.5. The van der Waals surface area contributed by atoms with Crippen LogP contribution in [0.5, 0.6) is 0 Å². The molecule has 1 aliphatic rings. The Balaban J connectivity index is 1.71. The van der Waals surface area contributed by atoms with Gasteiger partial charge in [0.25, 0.3) is 0 Å². The summed E-state index contributed by atoms with van der Waals surface area (Å²) in [6, 6.07) is 16.4. The van der Waals surface area contributed by atoms with Crippen molar-refractivity contribution in [2.45, 2.75) is 5.92 Å². The molecule has 3 N–H and O–H groups in total. The maximum Gasteiger partial charge on any atom is 0.240 e. The van der Waals surface area contributed by atoms with Crippen molar-refractivity contribution in [3.63, 3.8) is 0 Å². The molecule has 0 fully saturated rings. The van der Waals surface area contributed by atoms with Gasteiger partial charge >= 0.3 is 0 Å². The van der Waals surface area contributed by atoms with Gasteiger partial charge in [0.05, 0.1) is 17.9 Å². The summed E-state index contributed by atoms with van der Waals surface area (Å²) in [5, 5.41) is 2.91. The van der Waals surface area contributed by atoms with E-state index in [0.717, 1.165) is 16.8 Å². The van der Waals surface area contributed by atoms with Gasteiger partial charge in [-0.15, -0.1) is 0 Å². The highest BCUT2D eigenvalue weighted by Crippen LogP contribution is 2.37. The van der Waals surface area contributed by atoms with E-state index in [9.17, 15) is 9.59 Å². The Kier molecular flexibility index (Phi) is 6.19. The molecule has 2 amide bonds. The molecule has 168 valence electrons.